The SMILES string of the molecule is COCCCNC(=O)Cc1ccc(N)cc1. The molecule has 16 heavy (non-hydrogen) atoms. The van der Waals surface area contributed by atoms with E-state index < -0.39 is 0 Å². The summed E-state index contributed by atoms with van der Waals surface area (Å²) in [6.07, 6.45) is 1.23. The van der Waals surface area contributed by atoms with Crippen LogP contribution in [0.4, 0.5) is 5.69 Å². The van der Waals surface area contributed by atoms with Crippen LogP contribution in [0.2, 0.25) is 0 Å². The van der Waals surface area contributed by atoms with Gasteiger partial charge in [-0.3, -0.25) is 4.79 Å². The number of rotatable bonds is 6. The maximum atomic E-state index is 11.5. The molecule has 1 aromatic carbocycles. The van der Waals surface area contributed by atoms with E-state index in [4.69, 9.17) is 10.5 Å². The molecular weight excluding hydrogens is 204 g/mol. The molecule has 4 nitrogen and oxygen atoms in total. The standard InChI is InChI=1S/C12H18N2O2/c1-16-8-2-7-14-12(15)9-10-3-5-11(13)6-4-10/h3-6H,2,7-9,13H2,1H3,(H,14,15). The molecule has 3 N–H and O–H groups in total. The molecule has 4 heteroatoms. The average Bonchev–Trinajstić information content (AvgIpc) is 2.28. The monoisotopic (exact) mass is 222 g/mol. The molecule has 0 radical (unpaired) electrons. The van der Waals surface area contributed by atoms with Crippen molar-refractivity contribution in [3.63, 3.8) is 0 Å². The minimum atomic E-state index is 0.0286. The first-order valence-electron chi connectivity index (χ1n) is 5.32. The van der Waals surface area contributed by atoms with E-state index in [-0.39, 0.29) is 5.91 Å². The first kappa shape index (κ1) is 12.5. The van der Waals surface area contributed by atoms with Crippen LogP contribution in [-0.4, -0.2) is 26.2 Å². The van der Waals surface area contributed by atoms with Crippen molar-refractivity contribution in [3.8, 4) is 0 Å². The Labute approximate surface area is 95.8 Å². The minimum absolute atomic E-state index is 0.0286. The Hall–Kier alpha value is -1.55. The number of carbonyl (C=O) groups excluding carboxylic acids is 1. The van der Waals surface area contributed by atoms with Gasteiger partial charge in [-0.2, -0.15) is 0 Å². The lowest BCUT2D eigenvalue weighted by atomic mass is 10.1. The highest BCUT2D eigenvalue weighted by atomic mass is 16.5. The van der Waals surface area contributed by atoms with Gasteiger partial charge in [-0.25, -0.2) is 0 Å². The van der Waals surface area contributed by atoms with Crippen LogP contribution in [0, 0.1) is 0 Å². The number of hydrogen-bond acceptors (Lipinski definition) is 3. The minimum Gasteiger partial charge on any atom is -0.399 e. The van der Waals surface area contributed by atoms with E-state index in [0.717, 1.165) is 12.0 Å². The molecule has 0 unspecified atom stereocenters. The van der Waals surface area contributed by atoms with E-state index >= 15 is 0 Å². The van der Waals surface area contributed by atoms with Crippen molar-refractivity contribution in [2.45, 2.75) is 12.8 Å². The first-order chi connectivity index (χ1) is 7.72. The van der Waals surface area contributed by atoms with Crippen molar-refractivity contribution < 1.29 is 9.53 Å². The normalized spacial score (nSPS) is 10.1. The van der Waals surface area contributed by atoms with Gasteiger partial charge in [0, 0.05) is 25.9 Å². The summed E-state index contributed by atoms with van der Waals surface area (Å²) in [4.78, 5) is 11.5. The van der Waals surface area contributed by atoms with E-state index in [9.17, 15) is 4.79 Å². The quantitative estimate of drug-likeness (QED) is 0.556. The number of anilines is 1. The molecule has 1 amide bonds. The number of amides is 1. The van der Waals surface area contributed by atoms with Crippen molar-refractivity contribution >= 4 is 11.6 Å². The van der Waals surface area contributed by atoms with Crippen LogP contribution in [0.3, 0.4) is 0 Å². The summed E-state index contributed by atoms with van der Waals surface area (Å²) in [6, 6.07) is 7.33. The maximum Gasteiger partial charge on any atom is 0.224 e. The Balaban J connectivity index is 2.26. The largest absolute Gasteiger partial charge is 0.399 e. The number of benzene rings is 1. The first-order valence-corrected chi connectivity index (χ1v) is 5.32. The highest BCUT2D eigenvalue weighted by Gasteiger charge is 2.01. The third-order valence-electron chi connectivity index (χ3n) is 2.19. The van der Waals surface area contributed by atoms with Crippen molar-refractivity contribution in [2.75, 3.05) is 26.0 Å². The zero-order chi connectivity index (χ0) is 11.8. The zero-order valence-electron chi connectivity index (χ0n) is 9.53. The molecule has 1 rings (SSSR count). The fourth-order valence-electron chi connectivity index (χ4n) is 1.33. The van der Waals surface area contributed by atoms with Crippen molar-refractivity contribution in [3.05, 3.63) is 29.8 Å². The van der Waals surface area contributed by atoms with E-state index in [1.807, 2.05) is 12.1 Å². The summed E-state index contributed by atoms with van der Waals surface area (Å²) in [5.41, 5.74) is 7.24. The Bertz CT molecular complexity index is 322. The van der Waals surface area contributed by atoms with Crippen molar-refractivity contribution in [1.29, 1.82) is 0 Å². The zero-order valence-corrected chi connectivity index (χ0v) is 9.53. The molecule has 0 bridgehead atoms. The molecule has 88 valence electrons. The van der Waals surface area contributed by atoms with Gasteiger partial charge >= 0.3 is 0 Å². The van der Waals surface area contributed by atoms with Gasteiger partial charge in [-0.1, -0.05) is 12.1 Å². The third-order valence-corrected chi connectivity index (χ3v) is 2.19. The number of hydrogen-bond donors (Lipinski definition) is 2. The highest BCUT2D eigenvalue weighted by molar-refractivity contribution is 5.78. The fourth-order valence-corrected chi connectivity index (χ4v) is 1.33. The predicted molar refractivity (Wildman–Crippen MR) is 64.1 cm³/mol. The Morgan fingerprint density at radius 1 is 1.38 bits per heavy atom. The van der Waals surface area contributed by atoms with Crippen molar-refractivity contribution in [2.24, 2.45) is 0 Å². The smallest absolute Gasteiger partial charge is 0.224 e. The number of ether oxygens (including phenoxy) is 1. The van der Waals surface area contributed by atoms with Crippen LogP contribution in [0.15, 0.2) is 24.3 Å². The summed E-state index contributed by atoms with van der Waals surface area (Å²) < 4.78 is 4.89. The summed E-state index contributed by atoms with van der Waals surface area (Å²) >= 11 is 0. The molecule has 0 aliphatic heterocycles. The second-order valence-electron chi connectivity index (χ2n) is 3.61. The number of nitrogens with one attached hydrogen (secondary N) is 1. The third kappa shape index (κ3) is 4.79. The van der Waals surface area contributed by atoms with Crippen LogP contribution in [0.1, 0.15) is 12.0 Å². The molecule has 0 aliphatic rings. The summed E-state index contributed by atoms with van der Waals surface area (Å²) in [5.74, 6) is 0.0286. The summed E-state index contributed by atoms with van der Waals surface area (Å²) in [7, 11) is 1.65. The fraction of sp³-hybridized carbons (Fsp3) is 0.417. The van der Waals surface area contributed by atoms with Gasteiger partial charge in [-0.15, -0.1) is 0 Å². The van der Waals surface area contributed by atoms with Gasteiger partial charge in [0.2, 0.25) is 5.91 Å². The predicted octanol–water partition coefficient (Wildman–Crippen LogP) is 0.964. The summed E-state index contributed by atoms with van der Waals surface area (Å²) in [6.45, 7) is 1.32. The molecule has 0 heterocycles. The molecule has 0 saturated heterocycles. The maximum absolute atomic E-state index is 11.5. The van der Waals surface area contributed by atoms with Crippen LogP contribution in [-0.2, 0) is 16.0 Å². The van der Waals surface area contributed by atoms with Gasteiger partial charge in [-0.05, 0) is 24.1 Å². The van der Waals surface area contributed by atoms with Crippen molar-refractivity contribution in [1.82, 2.24) is 5.32 Å². The van der Waals surface area contributed by atoms with Gasteiger partial charge < -0.3 is 15.8 Å². The van der Waals surface area contributed by atoms with E-state index in [0.29, 0.717) is 25.3 Å². The van der Waals surface area contributed by atoms with Crippen LogP contribution < -0.4 is 11.1 Å². The van der Waals surface area contributed by atoms with E-state index in [1.54, 1.807) is 19.2 Å². The number of nitrogen functional groups attached to an aromatic ring is 1. The van der Waals surface area contributed by atoms with Crippen LogP contribution in [0.25, 0.3) is 0 Å². The molecule has 0 fully saturated rings. The molecule has 0 saturated carbocycles. The molecule has 1 aromatic rings. The molecular formula is C12H18N2O2. The van der Waals surface area contributed by atoms with Gasteiger partial charge in [0.25, 0.3) is 0 Å². The van der Waals surface area contributed by atoms with Crippen LogP contribution in [0.5, 0.6) is 0 Å². The number of carbonyl (C=O) groups is 1. The molecule has 0 atom stereocenters. The topological polar surface area (TPSA) is 64.3 Å². The van der Waals surface area contributed by atoms with E-state index in [1.165, 1.54) is 0 Å². The second-order valence-corrected chi connectivity index (χ2v) is 3.61. The Kier molecular flexibility index (Phi) is 5.36. The Morgan fingerprint density at radius 2 is 2.06 bits per heavy atom. The van der Waals surface area contributed by atoms with Gasteiger partial charge in [0.15, 0.2) is 0 Å². The van der Waals surface area contributed by atoms with Gasteiger partial charge in [0.1, 0.15) is 0 Å². The number of nitrogens with two attached hydrogens (primary N) is 1. The number of methoxy groups -OCH3 is 1. The van der Waals surface area contributed by atoms with Gasteiger partial charge in [0.05, 0.1) is 6.42 Å². The van der Waals surface area contributed by atoms with Crippen LogP contribution >= 0.6 is 0 Å². The lowest BCUT2D eigenvalue weighted by Crippen LogP contribution is -2.26. The lowest BCUT2D eigenvalue weighted by Gasteiger charge is -2.05. The Morgan fingerprint density at radius 3 is 2.69 bits per heavy atom. The summed E-state index contributed by atoms with van der Waals surface area (Å²) in [5, 5.41) is 2.83. The molecule has 0 spiro atoms. The highest BCUT2D eigenvalue weighted by Crippen LogP contribution is 2.05. The lowest BCUT2D eigenvalue weighted by molar-refractivity contribution is -0.120. The molecule has 0 aliphatic carbocycles. The second kappa shape index (κ2) is 6.85. The molecule has 0 aromatic heterocycles. The average molecular weight is 222 g/mol. The van der Waals surface area contributed by atoms with E-state index in [2.05, 4.69) is 5.32 Å².